The van der Waals surface area contributed by atoms with Crippen molar-refractivity contribution in [2.24, 2.45) is 5.73 Å². The van der Waals surface area contributed by atoms with E-state index in [1.54, 1.807) is 25.3 Å². The van der Waals surface area contributed by atoms with E-state index in [0.29, 0.717) is 28.0 Å². The zero-order valence-corrected chi connectivity index (χ0v) is 13.7. The van der Waals surface area contributed by atoms with Crippen molar-refractivity contribution in [2.75, 3.05) is 7.11 Å². The number of H-pyrrole nitrogens is 1. The monoisotopic (exact) mass is 342 g/mol. The molecule has 0 saturated carbocycles. The average Bonchev–Trinajstić information content (AvgIpc) is 3.03. The standard InChI is InChI=1S/C18H16F2N4O/c1-9(25-3)16(21)18-23-14-5-4-10(8-15(14)24-18)11-6-12(19)17(22-2)13(20)7-11/h4-9,16H,21H2,1,3H3,(H,23,24)/t9-,16+/m1/s1. The summed E-state index contributed by atoms with van der Waals surface area (Å²) in [5.74, 6) is -1.19. The first kappa shape index (κ1) is 17.0. The maximum atomic E-state index is 13.8. The van der Waals surface area contributed by atoms with Gasteiger partial charge in [0.25, 0.3) is 5.69 Å². The van der Waals surface area contributed by atoms with Crippen molar-refractivity contribution < 1.29 is 13.5 Å². The highest BCUT2D eigenvalue weighted by atomic mass is 19.1. The molecule has 2 atom stereocenters. The maximum Gasteiger partial charge on any atom is 0.256 e. The Morgan fingerprint density at radius 3 is 2.48 bits per heavy atom. The molecule has 0 aliphatic carbocycles. The molecular formula is C18H16F2N4O. The van der Waals surface area contributed by atoms with E-state index >= 15 is 0 Å². The zero-order valence-electron chi connectivity index (χ0n) is 13.7. The minimum Gasteiger partial charge on any atom is -0.380 e. The second kappa shape index (κ2) is 6.59. The molecule has 1 aromatic heterocycles. The summed E-state index contributed by atoms with van der Waals surface area (Å²) >= 11 is 0. The van der Waals surface area contributed by atoms with Crippen LogP contribution in [0.3, 0.4) is 0 Å². The van der Waals surface area contributed by atoms with Gasteiger partial charge in [-0.2, -0.15) is 0 Å². The molecule has 0 aliphatic rings. The molecule has 0 fully saturated rings. The van der Waals surface area contributed by atoms with Crippen LogP contribution in [0.15, 0.2) is 30.3 Å². The molecule has 0 bridgehead atoms. The molecule has 0 amide bonds. The highest BCUT2D eigenvalue weighted by Crippen LogP contribution is 2.31. The number of benzene rings is 2. The quantitative estimate of drug-likeness (QED) is 0.702. The van der Waals surface area contributed by atoms with Gasteiger partial charge in [0.1, 0.15) is 17.5 Å². The summed E-state index contributed by atoms with van der Waals surface area (Å²) in [5.41, 5.74) is 7.82. The Balaban J connectivity index is 2.04. The average molecular weight is 342 g/mol. The Bertz CT molecular complexity index is 954. The molecule has 0 saturated heterocycles. The molecule has 0 spiro atoms. The van der Waals surface area contributed by atoms with Crippen molar-refractivity contribution in [3.8, 4) is 11.1 Å². The fraction of sp³-hybridized carbons (Fsp3) is 0.222. The molecule has 7 heteroatoms. The van der Waals surface area contributed by atoms with Crippen LogP contribution in [0.5, 0.6) is 0 Å². The Morgan fingerprint density at radius 1 is 1.20 bits per heavy atom. The number of nitrogens with zero attached hydrogens (tertiary/aromatic N) is 2. The van der Waals surface area contributed by atoms with Gasteiger partial charge in [0.2, 0.25) is 0 Å². The largest absolute Gasteiger partial charge is 0.380 e. The van der Waals surface area contributed by atoms with Gasteiger partial charge < -0.3 is 15.5 Å². The molecule has 25 heavy (non-hydrogen) atoms. The first-order chi connectivity index (χ1) is 11.9. The lowest BCUT2D eigenvalue weighted by Gasteiger charge is -2.15. The van der Waals surface area contributed by atoms with Gasteiger partial charge in [-0.3, -0.25) is 0 Å². The molecule has 0 radical (unpaired) electrons. The number of nitrogens with one attached hydrogen (secondary N) is 1. The third kappa shape index (κ3) is 3.09. The van der Waals surface area contributed by atoms with E-state index in [4.69, 9.17) is 17.0 Å². The lowest BCUT2D eigenvalue weighted by atomic mass is 10.0. The molecule has 1 heterocycles. The number of aromatic nitrogens is 2. The van der Waals surface area contributed by atoms with E-state index in [2.05, 4.69) is 14.8 Å². The topological polar surface area (TPSA) is 68.3 Å². The predicted molar refractivity (Wildman–Crippen MR) is 91.1 cm³/mol. The van der Waals surface area contributed by atoms with Crippen molar-refractivity contribution in [3.05, 3.63) is 59.2 Å². The van der Waals surface area contributed by atoms with Crippen molar-refractivity contribution >= 4 is 16.7 Å². The summed E-state index contributed by atoms with van der Waals surface area (Å²) < 4.78 is 32.9. The molecule has 128 valence electrons. The van der Waals surface area contributed by atoms with Crippen LogP contribution in [0.2, 0.25) is 0 Å². The van der Waals surface area contributed by atoms with Crippen molar-refractivity contribution in [3.63, 3.8) is 0 Å². The van der Waals surface area contributed by atoms with Crippen molar-refractivity contribution in [2.45, 2.75) is 19.1 Å². The minimum atomic E-state index is -0.883. The second-order valence-electron chi connectivity index (χ2n) is 5.72. The molecule has 2 aromatic carbocycles. The number of imidazole rings is 1. The van der Waals surface area contributed by atoms with Crippen LogP contribution in [0.1, 0.15) is 18.8 Å². The van der Waals surface area contributed by atoms with Crippen LogP contribution < -0.4 is 5.73 Å². The first-order valence-corrected chi connectivity index (χ1v) is 7.59. The smallest absolute Gasteiger partial charge is 0.256 e. The van der Waals surface area contributed by atoms with Crippen LogP contribution in [0, 0.1) is 18.2 Å². The molecule has 0 aliphatic heterocycles. The van der Waals surface area contributed by atoms with Gasteiger partial charge in [0.05, 0.1) is 29.8 Å². The molecule has 3 N–H and O–H groups in total. The molecular weight excluding hydrogens is 326 g/mol. The molecule has 3 aromatic rings. The Kier molecular flexibility index (Phi) is 4.49. The lowest BCUT2D eigenvalue weighted by Crippen LogP contribution is -2.26. The number of fused-ring (bicyclic) bond motifs is 1. The summed E-state index contributed by atoms with van der Waals surface area (Å²) in [6, 6.07) is 7.06. The van der Waals surface area contributed by atoms with Gasteiger partial charge in [0, 0.05) is 7.11 Å². The number of methoxy groups -OCH3 is 1. The fourth-order valence-corrected chi connectivity index (χ4v) is 2.57. The van der Waals surface area contributed by atoms with E-state index < -0.39 is 23.4 Å². The summed E-state index contributed by atoms with van der Waals surface area (Å²) in [7, 11) is 1.57. The number of ether oxygens (including phenoxy) is 1. The molecule has 0 unspecified atom stereocenters. The van der Waals surface area contributed by atoms with Gasteiger partial charge >= 0.3 is 0 Å². The van der Waals surface area contributed by atoms with Gasteiger partial charge in [-0.05, 0) is 42.3 Å². The number of aromatic amines is 1. The lowest BCUT2D eigenvalue weighted by molar-refractivity contribution is 0.0935. The summed E-state index contributed by atoms with van der Waals surface area (Å²) in [5, 5.41) is 0. The number of halogens is 2. The van der Waals surface area contributed by atoms with Crippen LogP contribution in [-0.2, 0) is 4.74 Å². The molecule has 3 rings (SSSR count). The highest BCUT2D eigenvalue weighted by molar-refractivity contribution is 5.82. The zero-order chi connectivity index (χ0) is 18.1. The number of hydrogen-bond acceptors (Lipinski definition) is 3. The SMILES string of the molecule is [C-]#[N+]c1c(F)cc(-c2ccc3nc([C@@H](N)[C@@H](C)OC)[nH]c3c2)cc1F. The van der Waals surface area contributed by atoms with E-state index in [0.717, 1.165) is 12.1 Å². The Hall–Kier alpha value is -2.82. The number of nitrogens with two attached hydrogens (primary N) is 1. The highest BCUT2D eigenvalue weighted by Gasteiger charge is 2.18. The van der Waals surface area contributed by atoms with Crippen LogP contribution in [0.25, 0.3) is 27.0 Å². The minimum absolute atomic E-state index is 0.218. The normalized spacial score (nSPS) is 13.6. The van der Waals surface area contributed by atoms with E-state index in [9.17, 15) is 8.78 Å². The third-order valence-electron chi connectivity index (χ3n) is 4.16. The number of rotatable bonds is 4. The fourth-order valence-electron chi connectivity index (χ4n) is 2.57. The van der Waals surface area contributed by atoms with Crippen LogP contribution in [0.4, 0.5) is 14.5 Å². The van der Waals surface area contributed by atoms with E-state index in [1.807, 2.05) is 6.92 Å². The summed E-state index contributed by atoms with van der Waals surface area (Å²) in [6.45, 7) is 8.65. The third-order valence-corrected chi connectivity index (χ3v) is 4.16. The van der Waals surface area contributed by atoms with Crippen LogP contribution in [-0.4, -0.2) is 23.2 Å². The second-order valence-corrected chi connectivity index (χ2v) is 5.72. The molecule has 5 nitrogen and oxygen atoms in total. The van der Waals surface area contributed by atoms with Crippen molar-refractivity contribution in [1.82, 2.24) is 9.97 Å². The first-order valence-electron chi connectivity index (χ1n) is 7.59. The summed E-state index contributed by atoms with van der Waals surface area (Å²) in [6.07, 6.45) is -0.218. The van der Waals surface area contributed by atoms with E-state index in [1.165, 1.54) is 0 Å². The predicted octanol–water partition coefficient (Wildman–Crippen LogP) is 4.09. The van der Waals surface area contributed by atoms with Crippen molar-refractivity contribution in [1.29, 1.82) is 0 Å². The maximum absolute atomic E-state index is 13.8. The number of hydrogen-bond donors (Lipinski definition) is 2. The van der Waals surface area contributed by atoms with Crippen LogP contribution >= 0.6 is 0 Å². The van der Waals surface area contributed by atoms with Gasteiger partial charge in [-0.15, -0.1) is 0 Å². The van der Waals surface area contributed by atoms with Gasteiger partial charge in [-0.25, -0.2) is 18.6 Å². The Labute approximate surface area is 143 Å². The Morgan fingerprint density at radius 2 is 1.88 bits per heavy atom. The van der Waals surface area contributed by atoms with Gasteiger partial charge in [0.15, 0.2) is 0 Å². The summed E-state index contributed by atoms with van der Waals surface area (Å²) in [4.78, 5) is 10.4. The van der Waals surface area contributed by atoms with Gasteiger partial charge in [-0.1, -0.05) is 6.07 Å². The van der Waals surface area contributed by atoms with E-state index in [-0.39, 0.29) is 6.10 Å².